The molecule has 0 aliphatic heterocycles. The molecule has 0 fully saturated rings. The topological polar surface area (TPSA) is 110 Å². The lowest BCUT2D eigenvalue weighted by molar-refractivity contribution is 0.101. The Balaban J connectivity index is 1.36. The zero-order valence-corrected chi connectivity index (χ0v) is 19.6. The van der Waals surface area contributed by atoms with Crippen LogP contribution in [0.5, 0.6) is 0 Å². The molecule has 0 spiro atoms. The molecule has 0 unspecified atom stereocenters. The average Bonchev–Trinajstić information content (AvgIpc) is 3.48. The number of carbonyl (C=O) groups excluding carboxylic acids is 2. The monoisotopic (exact) mass is 478 g/mol. The molecule has 8 nitrogen and oxygen atoms in total. The molecule has 0 aliphatic rings. The van der Waals surface area contributed by atoms with Crippen molar-refractivity contribution in [1.82, 2.24) is 10.3 Å². The highest BCUT2D eigenvalue weighted by Gasteiger charge is 2.23. The van der Waals surface area contributed by atoms with Gasteiger partial charge >= 0.3 is 0 Å². The van der Waals surface area contributed by atoms with Gasteiger partial charge in [-0.3, -0.25) is 9.59 Å². The molecule has 0 bridgehead atoms. The SMILES string of the molecule is Cc1onc(-c2ccccc2)c1C(=O)Nc1cccc(NC(=O)c2c(-c3ccccc3)noc2C)c1. The van der Waals surface area contributed by atoms with Gasteiger partial charge in [0.2, 0.25) is 0 Å². The maximum atomic E-state index is 13.1. The summed E-state index contributed by atoms with van der Waals surface area (Å²) in [5, 5.41) is 13.9. The third kappa shape index (κ3) is 4.52. The summed E-state index contributed by atoms with van der Waals surface area (Å²) < 4.78 is 10.6. The number of hydrogen-bond acceptors (Lipinski definition) is 6. The predicted molar refractivity (Wildman–Crippen MR) is 136 cm³/mol. The molecule has 0 atom stereocenters. The third-order valence-corrected chi connectivity index (χ3v) is 5.65. The van der Waals surface area contributed by atoms with E-state index < -0.39 is 0 Å². The van der Waals surface area contributed by atoms with E-state index in [0.29, 0.717) is 45.4 Å². The molecule has 8 heteroatoms. The van der Waals surface area contributed by atoms with E-state index in [-0.39, 0.29) is 11.8 Å². The first-order valence-corrected chi connectivity index (χ1v) is 11.3. The first-order valence-electron chi connectivity index (χ1n) is 11.3. The van der Waals surface area contributed by atoms with E-state index in [4.69, 9.17) is 9.05 Å². The van der Waals surface area contributed by atoms with Crippen molar-refractivity contribution in [2.75, 3.05) is 10.6 Å². The second-order valence-electron chi connectivity index (χ2n) is 8.15. The van der Waals surface area contributed by atoms with Crippen molar-refractivity contribution < 1.29 is 18.6 Å². The zero-order chi connectivity index (χ0) is 25.1. The van der Waals surface area contributed by atoms with E-state index in [0.717, 1.165) is 11.1 Å². The summed E-state index contributed by atoms with van der Waals surface area (Å²) in [5.74, 6) is 0.0917. The van der Waals surface area contributed by atoms with Gasteiger partial charge in [0, 0.05) is 22.5 Å². The number of hydrogen-bond donors (Lipinski definition) is 2. The van der Waals surface area contributed by atoms with Gasteiger partial charge in [0.15, 0.2) is 0 Å². The van der Waals surface area contributed by atoms with Gasteiger partial charge in [-0.15, -0.1) is 0 Å². The van der Waals surface area contributed by atoms with Crippen molar-refractivity contribution in [3.63, 3.8) is 0 Å². The minimum Gasteiger partial charge on any atom is -0.360 e. The van der Waals surface area contributed by atoms with Crippen molar-refractivity contribution in [3.05, 3.63) is 108 Å². The summed E-state index contributed by atoms with van der Waals surface area (Å²) in [6, 6.07) is 25.6. The third-order valence-electron chi connectivity index (χ3n) is 5.65. The Hall–Kier alpha value is -4.98. The summed E-state index contributed by atoms with van der Waals surface area (Å²) in [6.07, 6.45) is 0. The largest absolute Gasteiger partial charge is 0.360 e. The summed E-state index contributed by atoms with van der Waals surface area (Å²) in [7, 11) is 0. The minimum absolute atomic E-state index is 0.350. The molecule has 178 valence electrons. The number of nitrogens with one attached hydrogen (secondary N) is 2. The van der Waals surface area contributed by atoms with E-state index in [1.165, 1.54) is 0 Å². The van der Waals surface area contributed by atoms with Crippen LogP contribution >= 0.6 is 0 Å². The van der Waals surface area contributed by atoms with Crippen LogP contribution in [-0.4, -0.2) is 22.1 Å². The summed E-state index contributed by atoms with van der Waals surface area (Å²) in [5.41, 5.74) is 4.19. The van der Waals surface area contributed by atoms with E-state index >= 15 is 0 Å². The lowest BCUT2D eigenvalue weighted by atomic mass is 10.1. The number of carbonyl (C=O) groups is 2. The molecule has 5 rings (SSSR count). The molecule has 2 aromatic heterocycles. The van der Waals surface area contributed by atoms with Crippen LogP contribution in [0.25, 0.3) is 22.5 Å². The molecular weight excluding hydrogens is 456 g/mol. The van der Waals surface area contributed by atoms with Crippen LogP contribution in [-0.2, 0) is 0 Å². The van der Waals surface area contributed by atoms with Gasteiger partial charge in [-0.05, 0) is 32.0 Å². The molecule has 0 saturated carbocycles. The maximum absolute atomic E-state index is 13.1. The standard InChI is InChI=1S/C28H22N4O4/c1-17-23(25(31-35-17)19-10-5-3-6-11-19)27(33)29-21-14-9-15-22(16-21)30-28(34)24-18(2)36-32-26(24)20-12-7-4-8-13-20/h3-16H,1-2H3,(H,29,33)(H,30,34). The normalized spacial score (nSPS) is 10.7. The molecule has 0 aliphatic carbocycles. The van der Waals surface area contributed by atoms with Crippen LogP contribution in [0.4, 0.5) is 11.4 Å². The molecular formula is C28H22N4O4. The number of benzene rings is 3. The highest BCUT2D eigenvalue weighted by molar-refractivity contribution is 6.10. The average molecular weight is 479 g/mol. The van der Waals surface area contributed by atoms with Crippen molar-refractivity contribution in [2.45, 2.75) is 13.8 Å². The summed E-state index contributed by atoms with van der Waals surface area (Å²) >= 11 is 0. The molecule has 36 heavy (non-hydrogen) atoms. The molecule has 0 radical (unpaired) electrons. The second-order valence-corrected chi connectivity index (χ2v) is 8.15. The van der Waals surface area contributed by atoms with Crippen LogP contribution < -0.4 is 10.6 Å². The fourth-order valence-electron chi connectivity index (χ4n) is 3.93. The van der Waals surface area contributed by atoms with Gasteiger partial charge in [-0.25, -0.2) is 0 Å². The minimum atomic E-state index is -0.364. The van der Waals surface area contributed by atoms with Crippen LogP contribution in [0, 0.1) is 13.8 Å². The number of nitrogens with zero attached hydrogens (tertiary/aromatic N) is 2. The first kappa shape index (κ1) is 22.8. The van der Waals surface area contributed by atoms with Crippen molar-refractivity contribution >= 4 is 23.2 Å². The summed E-state index contributed by atoms with van der Waals surface area (Å²) in [6.45, 7) is 3.38. The Labute approximate surface area is 206 Å². The van der Waals surface area contributed by atoms with Crippen molar-refractivity contribution in [1.29, 1.82) is 0 Å². The molecule has 0 saturated heterocycles. The van der Waals surface area contributed by atoms with Gasteiger partial charge in [0.25, 0.3) is 11.8 Å². The Morgan fingerprint density at radius 2 is 1.03 bits per heavy atom. The molecule has 3 aromatic carbocycles. The van der Waals surface area contributed by atoms with E-state index in [9.17, 15) is 9.59 Å². The van der Waals surface area contributed by atoms with E-state index in [2.05, 4.69) is 20.9 Å². The van der Waals surface area contributed by atoms with Crippen LogP contribution in [0.3, 0.4) is 0 Å². The fraction of sp³-hybridized carbons (Fsp3) is 0.0714. The number of anilines is 2. The van der Waals surface area contributed by atoms with Crippen LogP contribution in [0.1, 0.15) is 32.2 Å². The number of aromatic nitrogens is 2. The lowest BCUT2D eigenvalue weighted by Gasteiger charge is -2.10. The summed E-state index contributed by atoms with van der Waals surface area (Å²) in [4.78, 5) is 26.3. The highest BCUT2D eigenvalue weighted by atomic mass is 16.5. The van der Waals surface area contributed by atoms with Crippen molar-refractivity contribution in [2.24, 2.45) is 0 Å². The smallest absolute Gasteiger partial charge is 0.261 e. The van der Waals surface area contributed by atoms with E-state index in [1.54, 1.807) is 38.1 Å². The number of rotatable bonds is 6. The van der Waals surface area contributed by atoms with Gasteiger partial charge in [0.1, 0.15) is 34.0 Å². The Morgan fingerprint density at radius 1 is 0.611 bits per heavy atom. The maximum Gasteiger partial charge on any atom is 0.261 e. The lowest BCUT2D eigenvalue weighted by Crippen LogP contribution is -2.15. The quantitative estimate of drug-likeness (QED) is 0.304. The molecule has 5 aromatic rings. The van der Waals surface area contributed by atoms with Crippen molar-refractivity contribution in [3.8, 4) is 22.5 Å². The Bertz CT molecular complexity index is 1430. The zero-order valence-electron chi connectivity index (χ0n) is 19.6. The fourth-order valence-corrected chi connectivity index (χ4v) is 3.93. The second kappa shape index (κ2) is 9.71. The van der Waals surface area contributed by atoms with Crippen LogP contribution in [0.15, 0.2) is 94.0 Å². The van der Waals surface area contributed by atoms with Gasteiger partial charge < -0.3 is 19.7 Å². The first-order chi connectivity index (χ1) is 17.5. The highest BCUT2D eigenvalue weighted by Crippen LogP contribution is 2.28. The molecule has 2 amide bonds. The molecule has 2 heterocycles. The van der Waals surface area contributed by atoms with Gasteiger partial charge in [0.05, 0.1) is 0 Å². The Kier molecular flexibility index (Phi) is 6.15. The van der Waals surface area contributed by atoms with Crippen LogP contribution in [0.2, 0.25) is 0 Å². The Morgan fingerprint density at radius 3 is 1.44 bits per heavy atom. The predicted octanol–water partition coefficient (Wildman–Crippen LogP) is 6.12. The van der Waals surface area contributed by atoms with E-state index in [1.807, 2.05) is 60.7 Å². The molecule has 2 N–H and O–H groups in total. The van der Waals surface area contributed by atoms with Gasteiger partial charge in [-0.2, -0.15) is 0 Å². The number of amides is 2. The number of aryl methyl sites for hydroxylation is 2. The van der Waals surface area contributed by atoms with Gasteiger partial charge in [-0.1, -0.05) is 77.0 Å².